The number of aryl methyl sites for hydroxylation is 1. The summed E-state index contributed by atoms with van der Waals surface area (Å²) in [4.78, 5) is 32.3. The first-order valence-corrected chi connectivity index (χ1v) is 9.40. The van der Waals surface area contributed by atoms with E-state index in [1.807, 2.05) is 12.3 Å². The van der Waals surface area contributed by atoms with E-state index in [1.165, 1.54) is 21.9 Å². The SMILES string of the molecule is Cc1ncc(-c2ccccc2)c2ccccc12.O=[N+]([O-])c1cc([N+](=O)[O-])c(O)c([N+](=O)[O-])c1. The molecule has 0 bridgehead atoms. The highest BCUT2D eigenvalue weighted by atomic mass is 16.6. The number of pyridine rings is 1. The molecule has 11 heteroatoms. The highest BCUT2D eigenvalue weighted by Gasteiger charge is 2.30. The van der Waals surface area contributed by atoms with Crippen LogP contribution in [0.2, 0.25) is 0 Å². The fourth-order valence-corrected chi connectivity index (χ4v) is 3.16. The van der Waals surface area contributed by atoms with Crippen LogP contribution in [0.3, 0.4) is 0 Å². The smallest absolute Gasteiger partial charge is 0.324 e. The molecule has 0 atom stereocenters. The van der Waals surface area contributed by atoms with Crippen LogP contribution in [0.1, 0.15) is 5.69 Å². The molecule has 33 heavy (non-hydrogen) atoms. The quantitative estimate of drug-likeness (QED) is 0.323. The van der Waals surface area contributed by atoms with Crippen LogP contribution in [0.15, 0.2) is 72.9 Å². The predicted octanol–water partition coefficient (Wildman–Crippen LogP) is 5.33. The number of benzene rings is 3. The zero-order valence-corrected chi connectivity index (χ0v) is 17.1. The molecule has 1 N–H and O–H groups in total. The number of hydrogen-bond acceptors (Lipinski definition) is 8. The lowest BCUT2D eigenvalue weighted by atomic mass is 10.00. The van der Waals surface area contributed by atoms with E-state index in [1.54, 1.807) is 0 Å². The third kappa shape index (κ3) is 4.88. The van der Waals surface area contributed by atoms with Crippen molar-refractivity contribution in [2.75, 3.05) is 0 Å². The van der Waals surface area contributed by atoms with Gasteiger partial charge in [0.1, 0.15) is 0 Å². The number of aromatic nitrogens is 1. The Morgan fingerprint density at radius 1 is 0.758 bits per heavy atom. The molecule has 0 saturated heterocycles. The number of fused-ring (bicyclic) bond motifs is 1. The van der Waals surface area contributed by atoms with E-state index in [-0.39, 0.29) is 0 Å². The van der Waals surface area contributed by atoms with Gasteiger partial charge in [-0.25, -0.2) is 0 Å². The van der Waals surface area contributed by atoms with Crippen LogP contribution in [0.25, 0.3) is 21.9 Å². The minimum atomic E-state index is -1.21. The molecular formula is C22H16N4O7. The number of aromatic hydroxyl groups is 1. The Hall–Kier alpha value is -4.93. The molecule has 0 radical (unpaired) electrons. The van der Waals surface area contributed by atoms with Crippen LogP contribution in [0, 0.1) is 37.3 Å². The molecule has 166 valence electrons. The number of nitrogens with zero attached hydrogens (tertiary/aromatic N) is 4. The van der Waals surface area contributed by atoms with Gasteiger partial charge in [0.2, 0.25) is 0 Å². The highest BCUT2D eigenvalue weighted by Crippen LogP contribution is 2.39. The summed E-state index contributed by atoms with van der Waals surface area (Å²) >= 11 is 0. The second-order valence-corrected chi connectivity index (χ2v) is 6.77. The number of nitro benzene ring substituents is 3. The number of nitro groups is 3. The van der Waals surface area contributed by atoms with Gasteiger partial charge in [0.25, 0.3) is 11.4 Å². The van der Waals surface area contributed by atoms with E-state index in [0.29, 0.717) is 12.1 Å². The van der Waals surface area contributed by atoms with Crippen molar-refractivity contribution in [2.24, 2.45) is 0 Å². The Kier molecular flexibility index (Phi) is 6.53. The molecule has 0 saturated carbocycles. The van der Waals surface area contributed by atoms with Crippen molar-refractivity contribution in [1.29, 1.82) is 0 Å². The summed E-state index contributed by atoms with van der Waals surface area (Å²) in [6.07, 6.45) is 1.97. The van der Waals surface area contributed by atoms with E-state index in [2.05, 4.69) is 60.4 Å². The molecule has 4 rings (SSSR count). The molecule has 0 aliphatic carbocycles. The van der Waals surface area contributed by atoms with Crippen molar-refractivity contribution < 1.29 is 19.9 Å². The first-order chi connectivity index (χ1) is 15.7. The van der Waals surface area contributed by atoms with Gasteiger partial charge in [-0.3, -0.25) is 35.3 Å². The number of non-ortho nitro benzene ring substituents is 1. The standard InChI is InChI=1S/C16H13N.C6H3N3O7/c1-12-14-9-5-6-10-15(14)16(11-17-12)13-7-3-2-4-8-13;10-6-4(8(13)14)1-3(7(11)12)2-5(6)9(15)16/h2-11H,1H3;1-2,10H. The first-order valence-electron chi connectivity index (χ1n) is 9.40. The maximum atomic E-state index is 10.4. The molecule has 3 aromatic carbocycles. The Bertz CT molecular complexity index is 1340. The summed E-state index contributed by atoms with van der Waals surface area (Å²) in [6, 6.07) is 19.7. The summed E-state index contributed by atoms with van der Waals surface area (Å²) in [5.41, 5.74) is 0.501. The van der Waals surface area contributed by atoms with Crippen molar-refractivity contribution in [1.82, 2.24) is 4.98 Å². The Balaban J connectivity index is 0.000000186. The highest BCUT2D eigenvalue weighted by molar-refractivity contribution is 5.97. The third-order valence-corrected chi connectivity index (χ3v) is 4.74. The number of phenols is 1. The maximum Gasteiger partial charge on any atom is 0.324 e. The Morgan fingerprint density at radius 3 is 1.79 bits per heavy atom. The first kappa shape index (κ1) is 22.7. The molecule has 1 heterocycles. The summed E-state index contributed by atoms with van der Waals surface area (Å²) in [7, 11) is 0. The van der Waals surface area contributed by atoms with Crippen molar-refractivity contribution >= 4 is 27.8 Å². The Labute approximate surface area is 186 Å². The molecule has 0 fully saturated rings. The van der Waals surface area contributed by atoms with Gasteiger partial charge in [0.05, 0.1) is 26.9 Å². The number of phenolic OH excluding ortho intramolecular Hbond substituents is 1. The summed E-state index contributed by atoms with van der Waals surface area (Å²) in [5, 5.41) is 42.7. The lowest BCUT2D eigenvalue weighted by molar-refractivity contribution is -0.404. The second-order valence-electron chi connectivity index (χ2n) is 6.77. The van der Waals surface area contributed by atoms with E-state index in [4.69, 9.17) is 5.11 Å². The fraction of sp³-hybridized carbons (Fsp3) is 0.0455. The largest absolute Gasteiger partial charge is 0.497 e. The zero-order valence-electron chi connectivity index (χ0n) is 17.1. The Morgan fingerprint density at radius 2 is 1.27 bits per heavy atom. The molecule has 1 aromatic heterocycles. The average molecular weight is 448 g/mol. The van der Waals surface area contributed by atoms with Crippen LogP contribution in [-0.2, 0) is 0 Å². The van der Waals surface area contributed by atoms with Crippen LogP contribution >= 0.6 is 0 Å². The minimum Gasteiger partial charge on any atom is -0.497 e. The van der Waals surface area contributed by atoms with Crippen molar-refractivity contribution in [3.8, 4) is 16.9 Å². The van der Waals surface area contributed by atoms with E-state index in [0.717, 1.165) is 5.69 Å². The molecule has 0 aliphatic rings. The van der Waals surface area contributed by atoms with Crippen LogP contribution < -0.4 is 0 Å². The minimum absolute atomic E-state index is 0.447. The van der Waals surface area contributed by atoms with E-state index < -0.39 is 37.6 Å². The summed E-state index contributed by atoms with van der Waals surface area (Å²) < 4.78 is 0. The predicted molar refractivity (Wildman–Crippen MR) is 120 cm³/mol. The van der Waals surface area contributed by atoms with E-state index >= 15 is 0 Å². The summed E-state index contributed by atoms with van der Waals surface area (Å²) in [5.74, 6) is -1.21. The van der Waals surface area contributed by atoms with Crippen LogP contribution in [0.5, 0.6) is 5.75 Å². The van der Waals surface area contributed by atoms with Crippen LogP contribution in [-0.4, -0.2) is 24.9 Å². The van der Waals surface area contributed by atoms with Crippen molar-refractivity contribution in [3.63, 3.8) is 0 Å². The number of hydrogen-bond donors (Lipinski definition) is 1. The molecule has 0 aliphatic heterocycles. The van der Waals surface area contributed by atoms with Gasteiger partial charge in [-0.05, 0) is 17.9 Å². The lowest BCUT2D eigenvalue weighted by Gasteiger charge is -2.08. The van der Waals surface area contributed by atoms with Gasteiger partial charge in [0, 0.05) is 22.8 Å². The van der Waals surface area contributed by atoms with Gasteiger partial charge in [0.15, 0.2) is 0 Å². The van der Waals surface area contributed by atoms with Gasteiger partial charge in [-0.15, -0.1) is 0 Å². The van der Waals surface area contributed by atoms with Crippen molar-refractivity contribution in [3.05, 3.63) is 109 Å². The molecular weight excluding hydrogens is 432 g/mol. The second kappa shape index (κ2) is 9.47. The zero-order chi connectivity index (χ0) is 24.1. The van der Waals surface area contributed by atoms with Gasteiger partial charge >= 0.3 is 11.4 Å². The van der Waals surface area contributed by atoms with Gasteiger partial charge in [-0.1, -0.05) is 54.6 Å². The molecule has 0 amide bonds. The monoisotopic (exact) mass is 448 g/mol. The topological polar surface area (TPSA) is 163 Å². The third-order valence-electron chi connectivity index (χ3n) is 4.74. The normalized spacial score (nSPS) is 10.2. The average Bonchev–Trinajstić information content (AvgIpc) is 2.80. The van der Waals surface area contributed by atoms with Gasteiger partial charge < -0.3 is 5.11 Å². The number of rotatable bonds is 4. The molecule has 0 unspecified atom stereocenters. The van der Waals surface area contributed by atoms with Gasteiger partial charge in [-0.2, -0.15) is 0 Å². The van der Waals surface area contributed by atoms with Crippen LogP contribution in [0.4, 0.5) is 17.1 Å². The van der Waals surface area contributed by atoms with Crippen molar-refractivity contribution in [2.45, 2.75) is 6.92 Å². The molecule has 0 spiro atoms. The summed E-state index contributed by atoms with van der Waals surface area (Å²) in [6.45, 7) is 2.05. The molecule has 11 nitrogen and oxygen atoms in total. The lowest BCUT2D eigenvalue weighted by Crippen LogP contribution is -1.97. The maximum absolute atomic E-state index is 10.4. The van der Waals surface area contributed by atoms with E-state index in [9.17, 15) is 30.3 Å². The fourth-order valence-electron chi connectivity index (χ4n) is 3.16. The molecule has 4 aromatic rings.